The highest BCUT2D eigenvalue weighted by molar-refractivity contribution is 6.26. The number of hydrogen-bond acceptors (Lipinski definition) is 13. The summed E-state index contributed by atoms with van der Waals surface area (Å²) < 4.78 is 35.7. The molecule has 2 heterocycles. The number of carbonyl (C=O) groups excluding carboxylic acids is 3. The van der Waals surface area contributed by atoms with Gasteiger partial charge < -0.3 is 48.8 Å². The zero-order chi connectivity index (χ0) is 47.0. The third-order valence-corrected chi connectivity index (χ3v) is 15.3. The Kier molecular flexibility index (Phi) is 12.7. The van der Waals surface area contributed by atoms with Crippen LogP contribution in [0.2, 0.25) is 0 Å². The number of hydrogen-bond donors (Lipinski definition) is 4. The van der Waals surface area contributed by atoms with Gasteiger partial charge in [-0.1, -0.05) is 61.8 Å². The average Bonchev–Trinajstić information content (AvgIpc) is 3.47. The Hall–Kier alpha value is -4.76. The molecule has 6 aliphatic rings. The number of benzene rings is 1. The number of aliphatic carboxylic acids is 1. The largest absolute Gasteiger partial charge is 0.511 e. The van der Waals surface area contributed by atoms with E-state index in [4.69, 9.17) is 28.4 Å². The maximum atomic E-state index is 15.2. The molecule has 14 nitrogen and oxygen atoms in total. The number of aryl methyl sites for hydroxylation is 1. The van der Waals surface area contributed by atoms with Gasteiger partial charge in [0.25, 0.3) is 0 Å². The number of aliphatic hydroxyl groups excluding tert-OH is 3. The molecular weight excluding hydrogens is 825 g/mol. The second-order valence-corrected chi connectivity index (χ2v) is 19.7. The molecule has 2 saturated heterocycles. The molecule has 0 radical (unpaired) electrons. The fourth-order valence-corrected chi connectivity index (χ4v) is 12.3. The number of fused-ring (bicyclic) bond motifs is 4. The van der Waals surface area contributed by atoms with Crippen molar-refractivity contribution in [3.8, 4) is 11.5 Å². The third-order valence-electron chi connectivity index (χ3n) is 15.3. The van der Waals surface area contributed by atoms with Gasteiger partial charge in [0.15, 0.2) is 18.0 Å². The van der Waals surface area contributed by atoms with Crippen LogP contribution in [0.5, 0.6) is 11.5 Å². The van der Waals surface area contributed by atoms with Crippen molar-refractivity contribution in [3.05, 3.63) is 81.2 Å². The molecule has 0 unspecified atom stereocenters. The summed E-state index contributed by atoms with van der Waals surface area (Å²) in [6.07, 6.45) is 2.48. The van der Waals surface area contributed by atoms with E-state index in [1.807, 2.05) is 33.8 Å². The minimum Gasteiger partial charge on any atom is -0.511 e. The Balaban J connectivity index is 1.23. The smallest absolute Gasteiger partial charge is 0.346 e. The maximum absolute atomic E-state index is 15.2. The first-order chi connectivity index (χ1) is 30.0. The molecule has 14 atom stereocenters. The Bertz CT molecular complexity index is 2270. The summed E-state index contributed by atoms with van der Waals surface area (Å²) in [5.41, 5.74) is -1.22. The standard InChI is InChI=1S/C50H64O14/c1-23-13-12-14-25(3)38-27(5)18-31-33(49(38,9)42(53)37-43(54)50(64-46(37)58)21-28(6)32(44(55)56)22-48(50,8)20-23)15-24(2)16-34(31)62-47-40(52)39(51)41(29(7)61-47)63-45(57)36-26(4)17-30(59-10)19-35(36)60-11/h14-15,17,19-20,22,27-29,31,33-34,38-41,47,51-53H,12-13,16,18,21H2,1-11H3,(H,55,56)/b23-20-,25-14-,42-37-/t27-,28+,29+,31-,33+,34+,38-,39-,40+,41+,47+,48-,49-,50-/m0/s1. The van der Waals surface area contributed by atoms with E-state index < -0.39 is 94.3 Å². The van der Waals surface area contributed by atoms with Crippen LogP contribution in [0.4, 0.5) is 0 Å². The predicted molar refractivity (Wildman–Crippen MR) is 233 cm³/mol. The molecule has 0 amide bonds. The van der Waals surface area contributed by atoms with Crippen LogP contribution >= 0.6 is 0 Å². The molecule has 0 aromatic heterocycles. The topological polar surface area (TPSA) is 205 Å². The summed E-state index contributed by atoms with van der Waals surface area (Å²) in [6.45, 7) is 16.6. The lowest BCUT2D eigenvalue weighted by Crippen LogP contribution is -2.60. The van der Waals surface area contributed by atoms with Gasteiger partial charge in [0, 0.05) is 23.5 Å². The molecule has 4 aliphatic carbocycles. The first-order valence-electron chi connectivity index (χ1n) is 22.3. The van der Waals surface area contributed by atoms with Gasteiger partial charge >= 0.3 is 17.9 Å². The predicted octanol–water partition coefficient (Wildman–Crippen LogP) is 7.05. The average molecular weight is 889 g/mol. The van der Waals surface area contributed by atoms with Crippen LogP contribution in [0, 0.1) is 47.3 Å². The Morgan fingerprint density at radius 1 is 0.938 bits per heavy atom. The Labute approximate surface area is 375 Å². The number of carboxylic acid groups (broad SMARTS) is 1. The summed E-state index contributed by atoms with van der Waals surface area (Å²) in [6, 6.07) is 3.21. The highest BCUT2D eigenvalue weighted by Gasteiger charge is 2.67. The summed E-state index contributed by atoms with van der Waals surface area (Å²) in [7, 11) is 2.91. The van der Waals surface area contributed by atoms with Gasteiger partial charge in [0.05, 0.1) is 31.8 Å². The van der Waals surface area contributed by atoms with Crippen molar-refractivity contribution in [2.75, 3.05) is 14.2 Å². The summed E-state index contributed by atoms with van der Waals surface area (Å²) in [5, 5.41) is 46.2. The van der Waals surface area contributed by atoms with Crippen LogP contribution in [0.3, 0.4) is 0 Å². The van der Waals surface area contributed by atoms with Crippen LogP contribution in [0.1, 0.15) is 103 Å². The molecule has 1 spiro atoms. The van der Waals surface area contributed by atoms with Gasteiger partial charge in [-0.3, -0.25) is 4.79 Å². The van der Waals surface area contributed by atoms with Gasteiger partial charge in [-0.15, -0.1) is 0 Å². The van der Waals surface area contributed by atoms with Crippen molar-refractivity contribution < 1.29 is 68.0 Å². The van der Waals surface area contributed by atoms with Crippen LogP contribution in [0.25, 0.3) is 0 Å². The van der Waals surface area contributed by atoms with Crippen LogP contribution in [-0.4, -0.2) is 101 Å². The van der Waals surface area contributed by atoms with E-state index in [1.54, 1.807) is 45.9 Å². The maximum Gasteiger partial charge on any atom is 0.346 e. The summed E-state index contributed by atoms with van der Waals surface area (Å²) in [4.78, 5) is 55.5. The highest BCUT2D eigenvalue weighted by Crippen LogP contribution is 2.62. The molecular formula is C50H64O14. The molecule has 7 rings (SSSR count). The zero-order valence-corrected chi connectivity index (χ0v) is 38.7. The Morgan fingerprint density at radius 3 is 2.30 bits per heavy atom. The third kappa shape index (κ3) is 7.61. The first kappa shape index (κ1) is 47.2. The van der Waals surface area contributed by atoms with E-state index in [0.717, 1.165) is 16.7 Å². The lowest BCUT2D eigenvalue weighted by molar-refractivity contribution is -0.310. The van der Waals surface area contributed by atoms with Crippen molar-refractivity contribution in [1.82, 2.24) is 0 Å². The first-order valence-corrected chi connectivity index (χ1v) is 22.3. The molecule has 3 fully saturated rings. The number of carboxylic acids is 1. The number of esters is 2. The normalized spacial score (nSPS) is 41.6. The van der Waals surface area contributed by atoms with Crippen molar-refractivity contribution in [2.45, 2.75) is 137 Å². The minimum absolute atomic E-state index is 0.0784. The van der Waals surface area contributed by atoms with Crippen molar-refractivity contribution in [2.24, 2.45) is 40.4 Å². The zero-order valence-electron chi connectivity index (χ0n) is 38.7. The number of rotatable bonds is 7. The van der Waals surface area contributed by atoms with E-state index in [2.05, 4.69) is 19.1 Å². The quantitative estimate of drug-likeness (QED) is 0.123. The van der Waals surface area contributed by atoms with Gasteiger partial charge in [0.2, 0.25) is 5.78 Å². The van der Waals surface area contributed by atoms with Crippen LogP contribution < -0.4 is 9.47 Å². The van der Waals surface area contributed by atoms with Crippen LogP contribution in [0.15, 0.2) is 70.1 Å². The second-order valence-electron chi connectivity index (χ2n) is 19.7. The van der Waals surface area contributed by atoms with Gasteiger partial charge in [0.1, 0.15) is 40.6 Å². The van der Waals surface area contributed by atoms with Crippen LogP contribution in [-0.2, 0) is 33.3 Å². The minimum atomic E-state index is -1.79. The fourth-order valence-electron chi connectivity index (χ4n) is 12.3. The van der Waals surface area contributed by atoms with Crippen molar-refractivity contribution >= 4 is 23.7 Å². The SMILES string of the molecule is COc1cc(C)c(C(=O)O[C@H]2[C@@H](O)[C@@H](O)[C@@H](O[C@@H]3CC(C)=C[C@@H]4[C@@H]3C[C@H](C)[C@@H]3/C(C)=C\CC/C(C)=C\[C@@]5(C)C=C(C(=O)O)[C@H](C)C[C@@]56OC(=O)/C(=C(\O)[C@@]43C)C6=O)O[C@@H]2C)c(OC)c1. The molecule has 2 aliphatic heterocycles. The summed E-state index contributed by atoms with van der Waals surface area (Å²) in [5.74, 6) is -5.12. The fraction of sp³-hybridized carbons (Fsp3) is 0.600. The van der Waals surface area contributed by atoms with E-state index in [0.29, 0.717) is 37.0 Å². The molecule has 1 aromatic rings. The summed E-state index contributed by atoms with van der Waals surface area (Å²) >= 11 is 0. The van der Waals surface area contributed by atoms with E-state index in [9.17, 15) is 34.8 Å². The second kappa shape index (κ2) is 17.2. The van der Waals surface area contributed by atoms with Gasteiger partial charge in [-0.2, -0.15) is 0 Å². The Morgan fingerprint density at radius 2 is 1.64 bits per heavy atom. The number of carbonyl (C=O) groups is 4. The van der Waals surface area contributed by atoms with E-state index >= 15 is 4.79 Å². The lowest BCUT2D eigenvalue weighted by Gasteiger charge is -2.56. The molecule has 2 bridgehead atoms. The molecule has 348 valence electrons. The lowest BCUT2D eigenvalue weighted by atomic mass is 9.48. The molecule has 64 heavy (non-hydrogen) atoms. The number of ether oxygens (including phenoxy) is 6. The molecule has 1 aromatic carbocycles. The number of Topliss-reactive ketones (excluding diaryl/α,β-unsaturated/α-hetero) is 1. The van der Waals surface area contributed by atoms with Gasteiger partial charge in [-0.25, -0.2) is 14.4 Å². The monoisotopic (exact) mass is 888 g/mol. The molecule has 1 saturated carbocycles. The molecule has 14 heteroatoms. The van der Waals surface area contributed by atoms with E-state index in [-0.39, 0.29) is 46.8 Å². The van der Waals surface area contributed by atoms with Gasteiger partial charge in [-0.05, 0) is 108 Å². The number of allylic oxidation sites excluding steroid dienone is 5. The van der Waals surface area contributed by atoms with Crippen molar-refractivity contribution in [1.29, 1.82) is 0 Å². The highest BCUT2D eigenvalue weighted by atomic mass is 16.7. The molecule has 4 N–H and O–H groups in total. The number of methoxy groups -OCH3 is 2. The van der Waals surface area contributed by atoms with Crippen molar-refractivity contribution in [3.63, 3.8) is 0 Å². The number of aliphatic hydroxyl groups is 3. The van der Waals surface area contributed by atoms with E-state index in [1.165, 1.54) is 14.2 Å². The number of ketones is 1.